The van der Waals surface area contributed by atoms with Crippen molar-refractivity contribution in [1.29, 1.82) is 0 Å². The highest BCUT2D eigenvalue weighted by atomic mass is 35.5. The number of ketones is 1. The van der Waals surface area contributed by atoms with Gasteiger partial charge in [0, 0.05) is 16.3 Å². The number of aliphatic hydroxyl groups is 1. The Morgan fingerprint density at radius 1 is 0.968 bits per heavy atom. The summed E-state index contributed by atoms with van der Waals surface area (Å²) in [6, 6.07) is 17.4. The van der Waals surface area contributed by atoms with Crippen LogP contribution in [0.15, 0.2) is 78.4 Å². The van der Waals surface area contributed by atoms with Crippen molar-refractivity contribution < 1.29 is 23.8 Å². The van der Waals surface area contributed by atoms with E-state index in [1.54, 1.807) is 48.5 Å². The third-order valence-corrected chi connectivity index (χ3v) is 5.35. The monoisotopic (exact) mass is 437 g/mol. The Morgan fingerprint density at radius 3 is 2.16 bits per heavy atom. The Bertz CT molecular complexity index is 1170. The first-order valence-electron chi connectivity index (χ1n) is 9.37. The molecule has 1 saturated heterocycles. The molecule has 0 radical (unpaired) electrons. The number of carbonyl (C=O) groups excluding carboxylic acids is 2. The van der Waals surface area contributed by atoms with E-state index >= 15 is 0 Å². The van der Waals surface area contributed by atoms with E-state index in [1.807, 2.05) is 0 Å². The first-order valence-corrected chi connectivity index (χ1v) is 9.75. The second-order valence-electron chi connectivity index (χ2n) is 6.93. The van der Waals surface area contributed by atoms with Gasteiger partial charge in [-0.3, -0.25) is 14.5 Å². The van der Waals surface area contributed by atoms with Crippen LogP contribution < -0.4 is 9.64 Å². The molecule has 1 heterocycles. The molecule has 7 heteroatoms. The van der Waals surface area contributed by atoms with Crippen LogP contribution in [-0.4, -0.2) is 23.9 Å². The summed E-state index contributed by atoms with van der Waals surface area (Å²) in [6.45, 7) is 0. The summed E-state index contributed by atoms with van der Waals surface area (Å²) in [4.78, 5) is 27.3. The summed E-state index contributed by atoms with van der Waals surface area (Å²) >= 11 is 5.93. The molecule has 1 amide bonds. The number of benzene rings is 3. The molecule has 1 aliphatic rings. The molecule has 0 spiro atoms. The topological polar surface area (TPSA) is 66.8 Å². The first-order chi connectivity index (χ1) is 14.9. The maximum atomic E-state index is 13.5. The van der Waals surface area contributed by atoms with Crippen LogP contribution in [0.3, 0.4) is 0 Å². The average molecular weight is 438 g/mol. The minimum Gasteiger partial charge on any atom is -0.507 e. The molecule has 0 bridgehead atoms. The van der Waals surface area contributed by atoms with Crippen molar-refractivity contribution in [3.05, 3.63) is 100 Å². The molecule has 1 atom stereocenters. The van der Waals surface area contributed by atoms with Crippen LogP contribution in [0.4, 0.5) is 10.1 Å². The number of ether oxygens (including phenoxy) is 1. The van der Waals surface area contributed by atoms with Gasteiger partial charge in [-0.2, -0.15) is 0 Å². The molecule has 156 valence electrons. The lowest BCUT2D eigenvalue weighted by Gasteiger charge is -2.25. The van der Waals surface area contributed by atoms with Gasteiger partial charge in [-0.15, -0.1) is 0 Å². The molecule has 1 N–H and O–H groups in total. The Morgan fingerprint density at radius 2 is 1.58 bits per heavy atom. The number of carbonyl (C=O) groups is 2. The fourth-order valence-electron chi connectivity index (χ4n) is 3.57. The summed E-state index contributed by atoms with van der Waals surface area (Å²) in [5.74, 6) is -1.84. The van der Waals surface area contributed by atoms with E-state index < -0.39 is 23.5 Å². The molecular weight excluding hydrogens is 421 g/mol. The molecule has 1 aliphatic heterocycles. The van der Waals surface area contributed by atoms with Crippen LogP contribution in [0.5, 0.6) is 5.75 Å². The lowest BCUT2D eigenvalue weighted by molar-refractivity contribution is -0.132. The summed E-state index contributed by atoms with van der Waals surface area (Å²) in [5.41, 5.74) is 1.20. The normalized spacial score (nSPS) is 17.8. The minimum absolute atomic E-state index is 0.0678. The van der Waals surface area contributed by atoms with Gasteiger partial charge < -0.3 is 9.84 Å². The Balaban J connectivity index is 1.92. The van der Waals surface area contributed by atoms with Crippen molar-refractivity contribution in [2.24, 2.45) is 0 Å². The van der Waals surface area contributed by atoms with Gasteiger partial charge in [-0.05, 0) is 66.2 Å². The van der Waals surface area contributed by atoms with E-state index in [9.17, 15) is 19.1 Å². The number of rotatable bonds is 4. The van der Waals surface area contributed by atoms with E-state index in [2.05, 4.69) is 0 Å². The van der Waals surface area contributed by atoms with Crippen LogP contribution in [0.1, 0.15) is 17.2 Å². The molecule has 0 saturated carbocycles. The van der Waals surface area contributed by atoms with Crippen molar-refractivity contribution in [2.45, 2.75) is 6.04 Å². The molecule has 3 aromatic rings. The maximum absolute atomic E-state index is 13.5. The quantitative estimate of drug-likeness (QED) is 0.350. The summed E-state index contributed by atoms with van der Waals surface area (Å²) < 4.78 is 18.7. The van der Waals surface area contributed by atoms with E-state index in [-0.39, 0.29) is 11.3 Å². The number of hydrogen-bond donors (Lipinski definition) is 1. The van der Waals surface area contributed by atoms with Crippen molar-refractivity contribution in [2.75, 3.05) is 12.0 Å². The molecule has 4 rings (SSSR count). The highest BCUT2D eigenvalue weighted by molar-refractivity contribution is 6.51. The van der Waals surface area contributed by atoms with E-state index in [1.165, 1.54) is 36.3 Å². The van der Waals surface area contributed by atoms with E-state index in [0.29, 0.717) is 27.6 Å². The lowest BCUT2D eigenvalue weighted by Crippen LogP contribution is -2.29. The Hall–Kier alpha value is -3.64. The van der Waals surface area contributed by atoms with Crippen molar-refractivity contribution >= 4 is 34.7 Å². The minimum atomic E-state index is -0.910. The molecule has 5 nitrogen and oxygen atoms in total. The van der Waals surface area contributed by atoms with E-state index in [0.717, 1.165) is 0 Å². The van der Waals surface area contributed by atoms with Gasteiger partial charge >= 0.3 is 0 Å². The lowest BCUT2D eigenvalue weighted by atomic mass is 9.95. The molecule has 1 fully saturated rings. The van der Waals surface area contributed by atoms with Gasteiger partial charge in [-0.25, -0.2) is 4.39 Å². The third-order valence-electron chi connectivity index (χ3n) is 5.10. The second-order valence-corrected chi connectivity index (χ2v) is 7.36. The number of hydrogen-bond acceptors (Lipinski definition) is 4. The zero-order chi connectivity index (χ0) is 22.1. The zero-order valence-electron chi connectivity index (χ0n) is 16.4. The summed E-state index contributed by atoms with van der Waals surface area (Å²) in [5, 5.41) is 11.5. The fourth-order valence-corrected chi connectivity index (χ4v) is 3.69. The predicted octanol–water partition coefficient (Wildman–Crippen LogP) is 5.11. The molecule has 3 aromatic carbocycles. The first kappa shape index (κ1) is 20.6. The second kappa shape index (κ2) is 8.24. The predicted molar refractivity (Wildman–Crippen MR) is 116 cm³/mol. The van der Waals surface area contributed by atoms with Gasteiger partial charge in [0.05, 0.1) is 18.7 Å². The van der Waals surface area contributed by atoms with Crippen LogP contribution in [0, 0.1) is 5.82 Å². The average Bonchev–Trinajstić information content (AvgIpc) is 3.05. The Labute approximate surface area is 182 Å². The summed E-state index contributed by atoms with van der Waals surface area (Å²) in [7, 11) is 1.53. The smallest absolute Gasteiger partial charge is 0.300 e. The third kappa shape index (κ3) is 3.78. The van der Waals surface area contributed by atoms with Gasteiger partial charge in [0.1, 0.15) is 17.3 Å². The Kier molecular flexibility index (Phi) is 5.48. The molecule has 0 aliphatic carbocycles. The number of nitrogens with zero attached hydrogens (tertiary/aromatic N) is 1. The number of halogens is 2. The number of methoxy groups -OCH3 is 1. The van der Waals surface area contributed by atoms with Gasteiger partial charge in [-0.1, -0.05) is 23.7 Å². The van der Waals surface area contributed by atoms with Crippen molar-refractivity contribution in [3.63, 3.8) is 0 Å². The largest absolute Gasteiger partial charge is 0.507 e. The van der Waals surface area contributed by atoms with Crippen LogP contribution in [0.2, 0.25) is 5.02 Å². The SMILES string of the molecule is COc1ccc([C@H]2/C(=C(\O)c3ccc(Cl)cc3)C(=O)C(=O)N2c2ccc(F)cc2)cc1. The van der Waals surface area contributed by atoms with Crippen molar-refractivity contribution in [1.82, 2.24) is 0 Å². The molecule has 0 unspecified atom stereocenters. The van der Waals surface area contributed by atoms with Crippen LogP contribution in [-0.2, 0) is 9.59 Å². The molecule has 31 heavy (non-hydrogen) atoms. The standard InChI is InChI=1S/C24H17ClFNO4/c1-31-19-12-4-14(5-13-19)21-20(22(28)15-2-6-16(25)7-3-15)23(29)24(30)27(21)18-10-8-17(26)9-11-18/h2-13,21,28H,1H3/b22-20+/t21-/m0/s1. The van der Waals surface area contributed by atoms with Gasteiger partial charge in [0.15, 0.2) is 0 Å². The number of aliphatic hydroxyl groups excluding tert-OH is 1. The number of amides is 1. The zero-order valence-corrected chi connectivity index (χ0v) is 17.1. The van der Waals surface area contributed by atoms with Gasteiger partial charge in [0.25, 0.3) is 11.7 Å². The number of Topliss-reactive ketones (excluding diaryl/α,β-unsaturated/α-hetero) is 1. The van der Waals surface area contributed by atoms with Crippen LogP contribution in [0.25, 0.3) is 5.76 Å². The fraction of sp³-hybridized carbons (Fsp3) is 0.0833. The highest BCUT2D eigenvalue weighted by Gasteiger charge is 2.46. The molecular formula is C24H17ClFNO4. The highest BCUT2D eigenvalue weighted by Crippen LogP contribution is 2.42. The number of anilines is 1. The van der Waals surface area contributed by atoms with Gasteiger partial charge in [0.2, 0.25) is 0 Å². The summed E-state index contributed by atoms with van der Waals surface area (Å²) in [6.07, 6.45) is 0. The van der Waals surface area contributed by atoms with E-state index in [4.69, 9.17) is 16.3 Å². The maximum Gasteiger partial charge on any atom is 0.300 e. The van der Waals surface area contributed by atoms with Crippen molar-refractivity contribution in [3.8, 4) is 5.75 Å². The molecule has 0 aromatic heterocycles. The van der Waals surface area contributed by atoms with Crippen LogP contribution >= 0.6 is 11.6 Å².